The number of nitrogens with zero attached hydrogens (tertiary/aromatic N) is 1. The number of rotatable bonds is 5. The maximum atomic E-state index is 14.1. The smallest absolute Gasteiger partial charge is 0.321 e. The van der Waals surface area contributed by atoms with Gasteiger partial charge in [0, 0.05) is 19.5 Å². The second-order valence-electron chi connectivity index (χ2n) is 4.15. The molecule has 2 N–H and O–H groups in total. The van der Waals surface area contributed by atoms with E-state index in [-0.39, 0.29) is 26.1 Å². The monoisotopic (exact) mass is 219 g/mol. The van der Waals surface area contributed by atoms with Crippen LogP contribution in [0.25, 0.3) is 0 Å². The van der Waals surface area contributed by atoms with Crippen LogP contribution in [-0.2, 0) is 4.79 Å². The topological polar surface area (TPSA) is 60.8 Å². The number of likely N-dealkylation sites (tertiary alicyclic amines) is 1. The largest absolute Gasteiger partial charge is 0.480 e. The fourth-order valence-corrected chi connectivity index (χ4v) is 2.25. The third kappa shape index (κ3) is 2.89. The van der Waals surface area contributed by atoms with Crippen LogP contribution in [0.3, 0.4) is 0 Å². The number of carbonyl (C=O) groups is 1. The van der Waals surface area contributed by atoms with E-state index in [1.807, 2.05) is 6.92 Å². The summed E-state index contributed by atoms with van der Waals surface area (Å²) in [5.74, 6) is -1.00. The van der Waals surface area contributed by atoms with Crippen molar-refractivity contribution in [2.24, 2.45) is 0 Å². The van der Waals surface area contributed by atoms with E-state index in [2.05, 4.69) is 0 Å². The molecule has 0 saturated carbocycles. The van der Waals surface area contributed by atoms with Gasteiger partial charge in [-0.1, -0.05) is 13.3 Å². The highest BCUT2D eigenvalue weighted by Gasteiger charge is 2.46. The Hall–Kier alpha value is -0.680. The predicted octanol–water partition coefficient (Wildman–Crippen LogP) is 0.646. The molecular weight excluding hydrogens is 201 g/mol. The van der Waals surface area contributed by atoms with Gasteiger partial charge in [-0.05, 0) is 6.42 Å². The van der Waals surface area contributed by atoms with Crippen LogP contribution in [0.2, 0.25) is 0 Å². The first-order chi connectivity index (χ1) is 7.02. The van der Waals surface area contributed by atoms with Crippen LogP contribution >= 0.6 is 0 Å². The summed E-state index contributed by atoms with van der Waals surface area (Å²) in [5, 5.41) is 17.7. The average Bonchev–Trinajstić information content (AvgIpc) is 2.44. The zero-order valence-corrected chi connectivity index (χ0v) is 8.95. The van der Waals surface area contributed by atoms with Crippen molar-refractivity contribution >= 4 is 5.97 Å². The Labute approximate surface area is 88.7 Å². The average molecular weight is 219 g/mol. The lowest BCUT2D eigenvalue weighted by atomic mass is 9.97. The van der Waals surface area contributed by atoms with E-state index in [1.54, 1.807) is 0 Å². The number of hydrogen-bond donors (Lipinski definition) is 2. The van der Waals surface area contributed by atoms with Gasteiger partial charge in [-0.3, -0.25) is 9.69 Å². The molecule has 5 heteroatoms. The van der Waals surface area contributed by atoms with Gasteiger partial charge in [0.1, 0.15) is 11.7 Å². The number of hydrogen-bond acceptors (Lipinski definition) is 3. The van der Waals surface area contributed by atoms with Gasteiger partial charge in [-0.25, -0.2) is 4.39 Å². The summed E-state index contributed by atoms with van der Waals surface area (Å²) < 4.78 is 14.1. The number of aliphatic hydroxyl groups is 1. The molecule has 1 aliphatic heterocycles. The maximum Gasteiger partial charge on any atom is 0.321 e. The number of aliphatic carboxylic acids is 1. The molecule has 0 aromatic carbocycles. The molecule has 0 aromatic rings. The van der Waals surface area contributed by atoms with Gasteiger partial charge >= 0.3 is 5.97 Å². The van der Waals surface area contributed by atoms with Crippen molar-refractivity contribution in [3.05, 3.63) is 0 Å². The van der Waals surface area contributed by atoms with Gasteiger partial charge < -0.3 is 10.2 Å². The van der Waals surface area contributed by atoms with Crippen molar-refractivity contribution in [2.45, 2.75) is 37.9 Å². The Morgan fingerprint density at radius 3 is 2.80 bits per heavy atom. The highest BCUT2D eigenvalue weighted by atomic mass is 19.1. The van der Waals surface area contributed by atoms with E-state index in [1.165, 1.54) is 4.90 Å². The zero-order chi connectivity index (χ0) is 11.5. The molecule has 15 heavy (non-hydrogen) atoms. The van der Waals surface area contributed by atoms with Gasteiger partial charge in [0.25, 0.3) is 0 Å². The summed E-state index contributed by atoms with van der Waals surface area (Å²) in [5.41, 5.74) is -1.40. The standard InChI is InChI=1S/C10H18FNO3/c1-2-3-10(11)6-8(9(14)15)12(7-10)4-5-13/h8,13H,2-7H2,1H3,(H,14,15). The third-order valence-corrected chi connectivity index (χ3v) is 2.86. The van der Waals surface area contributed by atoms with Crippen molar-refractivity contribution in [1.82, 2.24) is 4.90 Å². The normalized spacial score (nSPS) is 32.1. The molecule has 0 radical (unpaired) electrons. The lowest BCUT2D eigenvalue weighted by molar-refractivity contribution is -0.142. The van der Waals surface area contributed by atoms with Crippen molar-refractivity contribution in [3.8, 4) is 0 Å². The molecule has 2 unspecified atom stereocenters. The fourth-order valence-electron chi connectivity index (χ4n) is 2.25. The first-order valence-electron chi connectivity index (χ1n) is 5.29. The molecule has 1 saturated heterocycles. The zero-order valence-electron chi connectivity index (χ0n) is 8.95. The third-order valence-electron chi connectivity index (χ3n) is 2.86. The first kappa shape index (κ1) is 12.4. The maximum absolute atomic E-state index is 14.1. The van der Waals surface area contributed by atoms with Crippen LogP contribution in [0.4, 0.5) is 4.39 Å². The van der Waals surface area contributed by atoms with E-state index < -0.39 is 17.7 Å². The summed E-state index contributed by atoms with van der Waals surface area (Å²) >= 11 is 0. The van der Waals surface area contributed by atoms with Crippen LogP contribution in [0.1, 0.15) is 26.2 Å². The van der Waals surface area contributed by atoms with Crippen molar-refractivity contribution < 1.29 is 19.4 Å². The molecule has 1 rings (SSSR count). The quantitative estimate of drug-likeness (QED) is 0.712. The van der Waals surface area contributed by atoms with Crippen LogP contribution < -0.4 is 0 Å². The Kier molecular flexibility index (Phi) is 4.04. The van der Waals surface area contributed by atoms with Crippen molar-refractivity contribution in [2.75, 3.05) is 19.7 Å². The molecule has 0 amide bonds. The molecule has 4 nitrogen and oxygen atoms in total. The van der Waals surface area contributed by atoms with E-state index in [4.69, 9.17) is 10.2 Å². The van der Waals surface area contributed by atoms with E-state index in [0.717, 1.165) is 0 Å². The molecule has 2 atom stereocenters. The molecule has 1 aliphatic rings. The van der Waals surface area contributed by atoms with Crippen LogP contribution in [0.15, 0.2) is 0 Å². The van der Waals surface area contributed by atoms with Gasteiger partial charge in [0.2, 0.25) is 0 Å². The molecule has 1 fully saturated rings. The van der Waals surface area contributed by atoms with Gasteiger partial charge in [-0.2, -0.15) is 0 Å². The van der Waals surface area contributed by atoms with E-state index >= 15 is 0 Å². The van der Waals surface area contributed by atoms with Gasteiger partial charge in [0.15, 0.2) is 0 Å². The highest BCUT2D eigenvalue weighted by Crippen LogP contribution is 2.34. The summed E-state index contributed by atoms with van der Waals surface area (Å²) in [6.07, 6.45) is 1.13. The number of aliphatic hydroxyl groups excluding tert-OH is 1. The fraction of sp³-hybridized carbons (Fsp3) is 0.900. The van der Waals surface area contributed by atoms with Crippen LogP contribution in [-0.4, -0.2) is 52.5 Å². The molecule has 0 aromatic heterocycles. The van der Waals surface area contributed by atoms with Crippen molar-refractivity contribution in [3.63, 3.8) is 0 Å². The Morgan fingerprint density at radius 1 is 1.67 bits per heavy atom. The lowest BCUT2D eigenvalue weighted by Crippen LogP contribution is -2.38. The van der Waals surface area contributed by atoms with Crippen LogP contribution in [0.5, 0.6) is 0 Å². The second kappa shape index (κ2) is 4.90. The lowest BCUT2D eigenvalue weighted by Gasteiger charge is -2.20. The minimum absolute atomic E-state index is 0.0379. The molecule has 0 aliphatic carbocycles. The highest BCUT2D eigenvalue weighted by molar-refractivity contribution is 5.74. The summed E-state index contributed by atoms with van der Waals surface area (Å²) in [6, 6.07) is -0.784. The number of halogens is 1. The molecular formula is C10H18FNO3. The number of carboxylic acid groups (broad SMARTS) is 1. The van der Waals surface area contributed by atoms with E-state index in [9.17, 15) is 9.18 Å². The minimum Gasteiger partial charge on any atom is -0.480 e. The number of β-amino-alcohol motifs (C(OH)–C–C–N with tert-alkyl or cyclic N) is 1. The van der Waals surface area contributed by atoms with Gasteiger partial charge in [0.05, 0.1) is 6.61 Å². The Morgan fingerprint density at radius 2 is 2.33 bits per heavy atom. The first-order valence-corrected chi connectivity index (χ1v) is 5.29. The van der Waals surface area contributed by atoms with Gasteiger partial charge in [-0.15, -0.1) is 0 Å². The summed E-state index contributed by atoms with van der Waals surface area (Å²) in [4.78, 5) is 12.4. The Bertz CT molecular complexity index is 237. The van der Waals surface area contributed by atoms with Crippen LogP contribution in [0, 0.1) is 0 Å². The van der Waals surface area contributed by atoms with E-state index in [0.29, 0.717) is 12.8 Å². The molecule has 1 heterocycles. The molecule has 0 bridgehead atoms. The predicted molar refractivity (Wildman–Crippen MR) is 53.4 cm³/mol. The molecule has 0 spiro atoms. The summed E-state index contributed by atoms with van der Waals surface area (Å²) in [6.45, 7) is 2.10. The Balaban J connectivity index is 2.68. The SMILES string of the molecule is CCCC1(F)CC(C(=O)O)N(CCO)C1. The minimum atomic E-state index is -1.40. The second-order valence-corrected chi connectivity index (χ2v) is 4.15. The number of alkyl halides is 1. The molecule has 88 valence electrons. The number of carboxylic acids is 1. The van der Waals surface area contributed by atoms with Crippen molar-refractivity contribution in [1.29, 1.82) is 0 Å². The summed E-state index contributed by atoms with van der Waals surface area (Å²) in [7, 11) is 0.